The van der Waals surface area contributed by atoms with E-state index in [1.807, 2.05) is 30.3 Å². The zero-order chi connectivity index (χ0) is 10.7. The van der Waals surface area contributed by atoms with Crippen molar-refractivity contribution < 1.29 is 9.32 Å². The van der Waals surface area contributed by atoms with Crippen molar-refractivity contribution in [3.8, 4) is 11.3 Å². The fourth-order valence-corrected chi connectivity index (χ4v) is 1.25. The second kappa shape index (κ2) is 3.96. The van der Waals surface area contributed by atoms with Gasteiger partial charge in [-0.15, -0.1) is 0 Å². The molecule has 1 aromatic carbocycles. The van der Waals surface area contributed by atoms with Gasteiger partial charge in [-0.3, -0.25) is 10.1 Å². The number of benzene rings is 1. The fourth-order valence-electron chi connectivity index (χ4n) is 1.25. The van der Waals surface area contributed by atoms with Crippen molar-refractivity contribution in [2.75, 3.05) is 5.32 Å². The Labute approximate surface area is 86.9 Å². The molecule has 0 saturated carbocycles. The number of aromatic nitrogens is 1. The van der Waals surface area contributed by atoms with Crippen molar-refractivity contribution in [3.63, 3.8) is 0 Å². The lowest BCUT2D eigenvalue weighted by molar-refractivity contribution is -0.114. The number of carbonyl (C=O) groups excluding carboxylic acids is 1. The lowest BCUT2D eigenvalue weighted by atomic mass is 10.2. The van der Waals surface area contributed by atoms with Crippen LogP contribution in [0.5, 0.6) is 0 Å². The highest BCUT2D eigenvalue weighted by molar-refractivity contribution is 5.87. The van der Waals surface area contributed by atoms with Crippen molar-refractivity contribution in [3.05, 3.63) is 36.4 Å². The molecule has 1 N–H and O–H groups in total. The van der Waals surface area contributed by atoms with Gasteiger partial charge in [0.1, 0.15) is 5.69 Å². The highest BCUT2D eigenvalue weighted by Gasteiger charge is 2.06. The van der Waals surface area contributed by atoms with Gasteiger partial charge in [-0.2, -0.15) is 0 Å². The first-order valence-corrected chi connectivity index (χ1v) is 4.55. The molecule has 4 heteroatoms. The first-order chi connectivity index (χ1) is 7.25. The van der Waals surface area contributed by atoms with E-state index < -0.39 is 0 Å². The van der Waals surface area contributed by atoms with Crippen LogP contribution in [0.4, 0.5) is 5.88 Å². The van der Waals surface area contributed by atoms with Gasteiger partial charge in [-0.25, -0.2) is 0 Å². The maximum Gasteiger partial charge on any atom is 0.231 e. The van der Waals surface area contributed by atoms with Crippen LogP contribution in [0.1, 0.15) is 6.92 Å². The van der Waals surface area contributed by atoms with E-state index in [0.29, 0.717) is 11.6 Å². The molecule has 2 rings (SSSR count). The molecule has 1 aromatic heterocycles. The third kappa shape index (κ3) is 2.22. The molecule has 4 nitrogen and oxygen atoms in total. The maximum absolute atomic E-state index is 10.8. The monoisotopic (exact) mass is 202 g/mol. The van der Waals surface area contributed by atoms with Gasteiger partial charge < -0.3 is 4.52 Å². The Kier molecular flexibility index (Phi) is 2.49. The standard InChI is InChI=1S/C11H10N2O2/c1-8(14)12-11-7-10(13-15-11)9-5-3-2-4-6-9/h2-7H,1H3,(H,12,14). The number of carbonyl (C=O) groups is 1. The average molecular weight is 202 g/mol. The lowest BCUT2D eigenvalue weighted by Crippen LogP contribution is -2.04. The molecule has 2 aromatic rings. The second-order valence-corrected chi connectivity index (χ2v) is 3.12. The van der Waals surface area contributed by atoms with Crippen LogP contribution in [0.2, 0.25) is 0 Å². The van der Waals surface area contributed by atoms with E-state index in [1.54, 1.807) is 6.07 Å². The van der Waals surface area contributed by atoms with Crippen molar-refractivity contribution in [2.45, 2.75) is 6.92 Å². The first kappa shape index (κ1) is 9.45. The summed E-state index contributed by atoms with van der Waals surface area (Å²) in [4.78, 5) is 10.8. The molecule has 0 aliphatic carbocycles. The predicted octanol–water partition coefficient (Wildman–Crippen LogP) is 2.30. The second-order valence-electron chi connectivity index (χ2n) is 3.12. The molecule has 0 aliphatic rings. The van der Waals surface area contributed by atoms with E-state index in [4.69, 9.17) is 4.52 Å². The molecule has 0 aliphatic heterocycles. The number of amides is 1. The third-order valence-corrected chi connectivity index (χ3v) is 1.88. The Balaban J connectivity index is 2.24. The van der Waals surface area contributed by atoms with E-state index in [9.17, 15) is 4.79 Å². The smallest absolute Gasteiger partial charge is 0.231 e. The molecule has 0 atom stereocenters. The normalized spacial score (nSPS) is 9.93. The predicted molar refractivity (Wildman–Crippen MR) is 56.2 cm³/mol. The number of nitrogens with one attached hydrogen (secondary N) is 1. The summed E-state index contributed by atoms with van der Waals surface area (Å²) < 4.78 is 4.95. The number of rotatable bonds is 2. The minimum absolute atomic E-state index is 0.175. The van der Waals surface area contributed by atoms with Crippen LogP contribution in [-0.4, -0.2) is 11.1 Å². The molecule has 0 bridgehead atoms. The van der Waals surface area contributed by atoms with Crippen LogP contribution in [0.15, 0.2) is 40.9 Å². The Morgan fingerprint density at radius 3 is 2.73 bits per heavy atom. The summed E-state index contributed by atoms with van der Waals surface area (Å²) in [5.41, 5.74) is 1.66. The van der Waals surface area contributed by atoms with E-state index in [2.05, 4.69) is 10.5 Å². The van der Waals surface area contributed by atoms with Crippen LogP contribution < -0.4 is 5.32 Å². The Hall–Kier alpha value is -2.10. The molecule has 15 heavy (non-hydrogen) atoms. The van der Waals surface area contributed by atoms with Crippen LogP contribution in [0.3, 0.4) is 0 Å². The summed E-state index contributed by atoms with van der Waals surface area (Å²) in [6.45, 7) is 1.42. The van der Waals surface area contributed by atoms with Gasteiger partial charge >= 0.3 is 0 Å². The molecule has 1 amide bonds. The summed E-state index contributed by atoms with van der Waals surface area (Å²) >= 11 is 0. The van der Waals surface area contributed by atoms with Crippen LogP contribution >= 0.6 is 0 Å². The first-order valence-electron chi connectivity index (χ1n) is 4.55. The summed E-state index contributed by atoms with van der Waals surface area (Å²) in [5, 5.41) is 6.38. The Morgan fingerprint density at radius 1 is 1.33 bits per heavy atom. The summed E-state index contributed by atoms with van der Waals surface area (Å²) in [5.74, 6) is 0.187. The Morgan fingerprint density at radius 2 is 2.07 bits per heavy atom. The van der Waals surface area contributed by atoms with Crippen molar-refractivity contribution in [1.29, 1.82) is 0 Å². The number of hydrogen-bond acceptors (Lipinski definition) is 3. The van der Waals surface area contributed by atoms with E-state index in [1.165, 1.54) is 6.92 Å². The third-order valence-electron chi connectivity index (χ3n) is 1.88. The molecule has 0 saturated heterocycles. The Bertz CT molecular complexity index is 462. The fraction of sp³-hybridized carbons (Fsp3) is 0.0909. The van der Waals surface area contributed by atoms with Crippen LogP contribution in [-0.2, 0) is 4.79 Å². The van der Waals surface area contributed by atoms with E-state index in [0.717, 1.165) is 5.56 Å². The molecule has 0 radical (unpaired) electrons. The molecule has 0 fully saturated rings. The lowest BCUT2D eigenvalue weighted by Gasteiger charge is -1.92. The van der Waals surface area contributed by atoms with Gasteiger partial charge in [0.05, 0.1) is 0 Å². The average Bonchev–Trinajstić information content (AvgIpc) is 2.67. The van der Waals surface area contributed by atoms with Gasteiger partial charge in [0.25, 0.3) is 0 Å². The van der Waals surface area contributed by atoms with Crippen molar-refractivity contribution >= 4 is 11.8 Å². The quantitative estimate of drug-likeness (QED) is 0.812. The largest absolute Gasteiger partial charge is 0.338 e. The minimum Gasteiger partial charge on any atom is -0.338 e. The molecule has 0 spiro atoms. The number of hydrogen-bond donors (Lipinski definition) is 1. The summed E-state index contributed by atoms with van der Waals surface area (Å²) in [6, 6.07) is 11.3. The summed E-state index contributed by atoms with van der Waals surface area (Å²) in [6.07, 6.45) is 0. The van der Waals surface area contributed by atoms with Crippen LogP contribution in [0.25, 0.3) is 11.3 Å². The highest BCUT2D eigenvalue weighted by Crippen LogP contribution is 2.20. The molecule has 1 heterocycles. The van der Waals surface area contributed by atoms with Gasteiger partial charge in [0.2, 0.25) is 11.8 Å². The van der Waals surface area contributed by atoms with Gasteiger partial charge in [0, 0.05) is 18.6 Å². The van der Waals surface area contributed by atoms with E-state index >= 15 is 0 Å². The van der Waals surface area contributed by atoms with Crippen molar-refractivity contribution in [2.24, 2.45) is 0 Å². The number of nitrogens with zero attached hydrogens (tertiary/aromatic N) is 1. The van der Waals surface area contributed by atoms with Crippen molar-refractivity contribution in [1.82, 2.24) is 5.16 Å². The maximum atomic E-state index is 10.8. The van der Waals surface area contributed by atoms with Gasteiger partial charge in [-0.05, 0) is 0 Å². The zero-order valence-electron chi connectivity index (χ0n) is 8.23. The molecule has 0 unspecified atom stereocenters. The van der Waals surface area contributed by atoms with E-state index in [-0.39, 0.29) is 5.91 Å². The molecular formula is C11H10N2O2. The zero-order valence-corrected chi connectivity index (χ0v) is 8.23. The summed E-state index contributed by atoms with van der Waals surface area (Å²) in [7, 11) is 0. The number of anilines is 1. The topological polar surface area (TPSA) is 55.1 Å². The van der Waals surface area contributed by atoms with Gasteiger partial charge in [0.15, 0.2) is 0 Å². The highest BCUT2D eigenvalue weighted by atomic mass is 16.5. The molecular weight excluding hydrogens is 192 g/mol. The molecule has 76 valence electrons. The minimum atomic E-state index is -0.175. The SMILES string of the molecule is CC(=O)Nc1cc(-c2ccccc2)no1. The van der Waals surface area contributed by atoms with Gasteiger partial charge in [-0.1, -0.05) is 35.5 Å². The van der Waals surface area contributed by atoms with Crippen LogP contribution in [0, 0.1) is 0 Å².